The van der Waals surface area contributed by atoms with Gasteiger partial charge in [-0.05, 0) is 49.2 Å². The largest absolute Gasteiger partial charge is 0.493 e. The second-order valence-corrected chi connectivity index (χ2v) is 8.73. The number of ether oxygens (including phenoxy) is 3. The number of halogens is 1. The maximum absolute atomic E-state index is 15.3. The molecular weight excluding hydrogens is 477 g/mol. The van der Waals surface area contributed by atoms with Crippen LogP contribution in [-0.2, 0) is 9.59 Å². The number of aromatic nitrogens is 1. The average Bonchev–Trinajstić information content (AvgIpc) is 3.71. The van der Waals surface area contributed by atoms with Crippen LogP contribution < -0.4 is 25.3 Å². The van der Waals surface area contributed by atoms with Crippen LogP contribution in [-0.4, -0.2) is 31.0 Å². The Bertz CT molecular complexity index is 1530. The summed E-state index contributed by atoms with van der Waals surface area (Å²) in [6.45, 7) is 0. The Hall–Kier alpha value is -4.66. The minimum Gasteiger partial charge on any atom is -0.493 e. The summed E-state index contributed by atoms with van der Waals surface area (Å²) in [6.07, 6.45) is 2.40. The lowest BCUT2D eigenvalue weighted by molar-refractivity contribution is -0.132. The van der Waals surface area contributed by atoms with Gasteiger partial charge in [0.2, 0.25) is 11.8 Å². The van der Waals surface area contributed by atoms with Crippen LogP contribution in [0.15, 0.2) is 66.9 Å². The van der Waals surface area contributed by atoms with Gasteiger partial charge in [0.1, 0.15) is 22.7 Å². The van der Waals surface area contributed by atoms with Crippen molar-refractivity contribution in [3.63, 3.8) is 0 Å². The average molecular weight is 502 g/mol. The molecule has 1 aromatic heterocycles. The summed E-state index contributed by atoms with van der Waals surface area (Å²) in [5.74, 6) is 0.228. The number of benzene rings is 3. The lowest BCUT2D eigenvalue weighted by Crippen LogP contribution is -2.36. The number of primary amides is 1. The summed E-state index contributed by atoms with van der Waals surface area (Å²) in [5, 5.41) is 3.29. The molecule has 0 radical (unpaired) electrons. The third kappa shape index (κ3) is 4.40. The van der Waals surface area contributed by atoms with Crippen molar-refractivity contribution in [2.45, 2.75) is 12.8 Å². The number of amides is 2. The van der Waals surface area contributed by atoms with Crippen molar-refractivity contribution in [1.29, 1.82) is 0 Å². The molecule has 1 aliphatic carbocycles. The van der Waals surface area contributed by atoms with Gasteiger partial charge >= 0.3 is 0 Å². The highest BCUT2D eigenvalue weighted by molar-refractivity contribution is 6.12. The number of nitrogens with two attached hydrogens (primary N) is 1. The summed E-state index contributed by atoms with van der Waals surface area (Å²) < 4.78 is 32.3. The van der Waals surface area contributed by atoms with Crippen molar-refractivity contribution >= 4 is 28.4 Å². The smallest absolute Gasteiger partial charge is 0.240 e. The third-order valence-corrected chi connectivity index (χ3v) is 6.49. The lowest BCUT2D eigenvalue weighted by Gasteiger charge is -2.16. The van der Waals surface area contributed by atoms with Crippen LogP contribution >= 0.6 is 0 Å². The number of carbonyl (C=O) groups excluding carboxylic acids is 2. The standard InChI is InChI=1S/C28H24FN3O5/c1-35-24-14-19-21(15-25(24)36-2)31-12-9-23(19)37-22-6-4-3-5-18(22)17-8-7-16(13-20(17)29)32-27(34)28(10-11-28)26(30)33/h3-9,12-15H,10-11H2,1-2H3,(H2,30,33)(H,32,34). The summed E-state index contributed by atoms with van der Waals surface area (Å²) in [5.41, 5.74) is 5.83. The minimum absolute atomic E-state index is 0.235. The van der Waals surface area contributed by atoms with Crippen LogP contribution in [0, 0.1) is 11.2 Å². The maximum atomic E-state index is 15.3. The fourth-order valence-corrected chi connectivity index (χ4v) is 4.21. The van der Waals surface area contributed by atoms with Gasteiger partial charge in [0.15, 0.2) is 11.5 Å². The number of methoxy groups -OCH3 is 2. The van der Waals surface area contributed by atoms with E-state index in [1.807, 2.05) is 0 Å². The van der Waals surface area contributed by atoms with E-state index in [1.54, 1.807) is 75.0 Å². The van der Waals surface area contributed by atoms with E-state index in [-0.39, 0.29) is 11.3 Å². The molecule has 0 bridgehead atoms. The van der Waals surface area contributed by atoms with Gasteiger partial charge < -0.3 is 25.3 Å². The molecular formula is C28H24FN3O5. The monoisotopic (exact) mass is 501 g/mol. The first-order valence-electron chi connectivity index (χ1n) is 11.5. The number of hydrogen-bond acceptors (Lipinski definition) is 6. The normalized spacial score (nSPS) is 13.6. The molecule has 1 saturated carbocycles. The number of fused-ring (bicyclic) bond motifs is 1. The van der Waals surface area contributed by atoms with Crippen molar-refractivity contribution in [3.05, 3.63) is 72.7 Å². The van der Waals surface area contributed by atoms with Crippen molar-refractivity contribution in [2.24, 2.45) is 11.1 Å². The van der Waals surface area contributed by atoms with Crippen LogP contribution in [0.1, 0.15) is 12.8 Å². The Morgan fingerprint density at radius 3 is 2.32 bits per heavy atom. The molecule has 1 aliphatic rings. The number of hydrogen-bond donors (Lipinski definition) is 2. The quantitative estimate of drug-likeness (QED) is 0.327. The minimum atomic E-state index is -1.20. The molecule has 5 rings (SSSR count). The number of para-hydroxylation sites is 1. The molecule has 1 heterocycles. The maximum Gasteiger partial charge on any atom is 0.240 e. The van der Waals surface area contributed by atoms with E-state index >= 15 is 4.39 Å². The Labute approximate surface area is 212 Å². The van der Waals surface area contributed by atoms with Gasteiger partial charge in [0, 0.05) is 34.5 Å². The molecule has 37 heavy (non-hydrogen) atoms. The fraction of sp³-hybridized carbons (Fsp3) is 0.179. The lowest BCUT2D eigenvalue weighted by atomic mass is 10.0. The van der Waals surface area contributed by atoms with Crippen molar-refractivity contribution < 1.29 is 28.2 Å². The second kappa shape index (κ2) is 9.42. The van der Waals surface area contributed by atoms with Crippen LogP contribution in [0.4, 0.5) is 10.1 Å². The first-order valence-corrected chi connectivity index (χ1v) is 11.5. The first kappa shape index (κ1) is 24.1. The fourth-order valence-electron chi connectivity index (χ4n) is 4.21. The van der Waals surface area contributed by atoms with Crippen LogP contribution in [0.3, 0.4) is 0 Å². The Kier molecular flexibility index (Phi) is 6.12. The van der Waals surface area contributed by atoms with E-state index < -0.39 is 23.0 Å². The van der Waals surface area contributed by atoms with Gasteiger partial charge in [-0.2, -0.15) is 0 Å². The van der Waals surface area contributed by atoms with Crippen LogP contribution in [0.5, 0.6) is 23.0 Å². The SMILES string of the molecule is COc1cc2nccc(Oc3ccccc3-c3ccc(NC(=O)C4(C(N)=O)CC4)cc3F)c2cc1OC. The summed E-state index contributed by atoms with van der Waals surface area (Å²) >= 11 is 0. The van der Waals surface area contributed by atoms with Crippen LogP contribution in [0.2, 0.25) is 0 Å². The molecule has 9 heteroatoms. The predicted octanol–water partition coefficient (Wildman–Crippen LogP) is 5.05. The molecule has 0 atom stereocenters. The molecule has 2 amide bonds. The van der Waals surface area contributed by atoms with Gasteiger partial charge in [-0.25, -0.2) is 4.39 Å². The van der Waals surface area contributed by atoms with E-state index in [4.69, 9.17) is 19.9 Å². The Morgan fingerprint density at radius 1 is 0.919 bits per heavy atom. The number of anilines is 1. The number of nitrogens with zero attached hydrogens (tertiary/aromatic N) is 1. The van der Waals surface area contributed by atoms with Crippen molar-refractivity contribution in [1.82, 2.24) is 4.98 Å². The van der Waals surface area contributed by atoms with Crippen molar-refractivity contribution in [3.8, 4) is 34.1 Å². The zero-order valence-electron chi connectivity index (χ0n) is 20.2. The summed E-state index contributed by atoms with van der Waals surface area (Å²) in [6, 6.07) is 16.6. The molecule has 0 unspecified atom stereocenters. The molecule has 3 N–H and O–H groups in total. The Balaban J connectivity index is 1.46. The highest BCUT2D eigenvalue weighted by Gasteiger charge is 2.55. The molecule has 188 valence electrons. The molecule has 3 aromatic carbocycles. The summed E-state index contributed by atoms with van der Waals surface area (Å²) in [4.78, 5) is 28.5. The second-order valence-electron chi connectivity index (χ2n) is 8.73. The summed E-state index contributed by atoms with van der Waals surface area (Å²) in [7, 11) is 3.09. The van der Waals surface area contributed by atoms with Gasteiger partial charge in [0.25, 0.3) is 0 Å². The highest BCUT2D eigenvalue weighted by Crippen LogP contribution is 2.46. The molecule has 4 aromatic rings. The third-order valence-electron chi connectivity index (χ3n) is 6.49. The van der Waals surface area contributed by atoms with Crippen LogP contribution in [0.25, 0.3) is 22.0 Å². The van der Waals surface area contributed by atoms with Gasteiger partial charge in [0.05, 0.1) is 19.7 Å². The van der Waals surface area contributed by atoms with E-state index in [1.165, 1.54) is 6.07 Å². The van der Waals surface area contributed by atoms with E-state index in [9.17, 15) is 9.59 Å². The Morgan fingerprint density at radius 2 is 1.65 bits per heavy atom. The van der Waals surface area contributed by atoms with Gasteiger partial charge in [-0.3, -0.25) is 14.6 Å². The topological polar surface area (TPSA) is 113 Å². The molecule has 1 fully saturated rings. The predicted molar refractivity (Wildman–Crippen MR) is 136 cm³/mol. The van der Waals surface area contributed by atoms with Gasteiger partial charge in [-0.15, -0.1) is 0 Å². The highest BCUT2D eigenvalue weighted by atomic mass is 19.1. The first-order chi connectivity index (χ1) is 17.9. The van der Waals surface area contributed by atoms with E-state index in [2.05, 4.69) is 10.3 Å². The molecule has 0 aliphatic heterocycles. The zero-order valence-corrected chi connectivity index (χ0v) is 20.2. The van der Waals surface area contributed by atoms with E-state index in [0.717, 1.165) is 0 Å². The molecule has 0 spiro atoms. The number of carbonyl (C=O) groups is 2. The number of pyridine rings is 1. The number of rotatable bonds is 8. The molecule has 8 nitrogen and oxygen atoms in total. The zero-order chi connectivity index (χ0) is 26.2. The van der Waals surface area contributed by atoms with Crippen molar-refractivity contribution in [2.75, 3.05) is 19.5 Å². The van der Waals surface area contributed by atoms with Gasteiger partial charge in [-0.1, -0.05) is 18.2 Å². The van der Waals surface area contributed by atoms with E-state index in [0.29, 0.717) is 52.3 Å². The molecule has 0 saturated heterocycles. The number of nitrogens with one attached hydrogen (secondary N) is 1.